The zero-order valence-corrected chi connectivity index (χ0v) is 7.53. The molecule has 0 aliphatic carbocycles. The van der Waals surface area contributed by atoms with Gasteiger partial charge in [0.25, 0.3) is 0 Å². The standard InChI is InChI=1S/C10H13FO2/c1-8(11)6-7-13-10-5-3-2-4-9(10)12/h2-5,8,12H,6-7H2,1H3. The van der Waals surface area contributed by atoms with E-state index in [2.05, 4.69) is 0 Å². The number of para-hydroxylation sites is 2. The predicted molar refractivity (Wildman–Crippen MR) is 48.8 cm³/mol. The smallest absolute Gasteiger partial charge is 0.160 e. The first kappa shape index (κ1) is 9.84. The molecule has 0 aliphatic rings. The van der Waals surface area contributed by atoms with Crippen molar-refractivity contribution in [3.05, 3.63) is 24.3 Å². The van der Waals surface area contributed by atoms with Crippen LogP contribution in [0.2, 0.25) is 0 Å². The van der Waals surface area contributed by atoms with Crippen molar-refractivity contribution in [3.8, 4) is 11.5 Å². The summed E-state index contributed by atoms with van der Waals surface area (Å²) in [7, 11) is 0. The van der Waals surface area contributed by atoms with E-state index in [0.717, 1.165) is 0 Å². The van der Waals surface area contributed by atoms with Crippen molar-refractivity contribution in [1.82, 2.24) is 0 Å². The van der Waals surface area contributed by atoms with Crippen LogP contribution in [0.5, 0.6) is 11.5 Å². The highest BCUT2D eigenvalue weighted by molar-refractivity contribution is 5.37. The maximum absolute atomic E-state index is 12.4. The van der Waals surface area contributed by atoms with Crippen LogP contribution in [0.3, 0.4) is 0 Å². The lowest BCUT2D eigenvalue weighted by atomic mass is 10.3. The van der Waals surface area contributed by atoms with Gasteiger partial charge in [0.2, 0.25) is 0 Å². The molecule has 1 aromatic rings. The zero-order valence-electron chi connectivity index (χ0n) is 7.53. The van der Waals surface area contributed by atoms with E-state index in [1.54, 1.807) is 18.2 Å². The summed E-state index contributed by atoms with van der Waals surface area (Å²) in [5, 5.41) is 9.26. The van der Waals surface area contributed by atoms with Crippen LogP contribution in [-0.2, 0) is 0 Å². The molecule has 0 fully saturated rings. The first-order chi connectivity index (χ1) is 6.20. The van der Waals surface area contributed by atoms with Crippen LogP contribution >= 0.6 is 0 Å². The third kappa shape index (κ3) is 3.32. The molecule has 0 saturated heterocycles. The van der Waals surface area contributed by atoms with Gasteiger partial charge in [0.15, 0.2) is 11.5 Å². The van der Waals surface area contributed by atoms with E-state index in [9.17, 15) is 9.50 Å². The SMILES string of the molecule is CC(F)CCOc1ccccc1O. The Morgan fingerprint density at radius 2 is 2.15 bits per heavy atom. The number of hydrogen-bond donors (Lipinski definition) is 1. The summed E-state index contributed by atoms with van der Waals surface area (Å²) >= 11 is 0. The summed E-state index contributed by atoms with van der Waals surface area (Å²) in [5.74, 6) is 0.497. The van der Waals surface area contributed by atoms with Crippen molar-refractivity contribution >= 4 is 0 Å². The highest BCUT2D eigenvalue weighted by atomic mass is 19.1. The monoisotopic (exact) mass is 184 g/mol. The molecule has 0 aromatic heterocycles. The summed E-state index contributed by atoms with van der Waals surface area (Å²) in [6.07, 6.45) is -0.528. The lowest BCUT2D eigenvalue weighted by Gasteiger charge is -2.07. The molecule has 72 valence electrons. The second kappa shape index (κ2) is 4.70. The van der Waals surface area contributed by atoms with Gasteiger partial charge in [0.1, 0.15) is 6.17 Å². The second-order valence-corrected chi connectivity index (χ2v) is 2.89. The molecule has 0 bridgehead atoms. The fraction of sp³-hybridized carbons (Fsp3) is 0.400. The molecular weight excluding hydrogens is 171 g/mol. The number of ether oxygens (including phenoxy) is 1. The molecule has 2 nitrogen and oxygen atoms in total. The third-order valence-corrected chi connectivity index (χ3v) is 1.64. The normalized spacial score (nSPS) is 12.5. The quantitative estimate of drug-likeness (QED) is 0.779. The first-order valence-corrected chi connectivity index (χ1v) is 4.25. The van der Waals surface area contributed by atoms with E-state index in [0.29, 0.717) is 12.2 Å². The number of alkyl halides is 1. The Labute approximate surface area is 77.0 Å². The van der Waals surface area contributed by atoms with E-state index < -0.39 is 6.17 Å². The Morgan fingerprint density at radius 3 is 2.77 bits per heavy atom. The Hall–Kier alpha value is -1.25. The lowest BCUT2D eigenvalue weighted by molar-refractivity contribution is 0.240. The van der Waals surface area contributed by atoms with Crippen molar-refractivity contribution in [2.24, 2.45) is 0 Å². The number of hydrogen-bond acceptors (Lipinski definition) is 2. The van der Waals surface area contributed by atoms with Gasteiger partial charge in [0, 0.05) is 6.42 Å². The average Bonchev–Trinajstić information content (AvgIpc) is 2.08. The Morgan fingerprint density at radius 1 is 1.46 bits per heavy atom. The van der Waals surface area contributed by atoms with Crippen LogP contribution < -0.4 is 4.74 Å². The number of phenols is 1. The highest BCUT2D eigenvalue weighted by Crippen LogP contribution is 2.24. The summed E-state index contributed by atoms with van der Waals surface area (Å²) in [6, 6.07) is 6.65. The maximum atomic E-state index is 12.4. The largest absolute Gasteiger partial charge is 0.504 e. The van der Waals surface area contributed by atoms with Gasteiger partial charge in [-0.2, -0.15) is 0 Å². The molecule has 1 aromatic carbocycles. The van der Waals surface area contributed by atoms with Gasteiger partial charge in [-0.25, -0.2) is 4.39 Å². The number of halogens is 1. The second-order valence-electron chi connectivity index (χ2n) is 2.89. The maximum Gasteiger partial charge on any atom is 0.160 e. The van der Waals surface area contributed by atoms with Gasteiger partial charge in [-0.15, -0.1) is 0 Å². The van der Waals surface area contributed by atoms with Crippen LogP contribution in [0.4, 0.5) is 4.39 Å². The molecule has 13 heavy (non-hydrogen) atoms. The van der Waals surface area contributed by atoms with Crippen molar-refractivity contribution in [2.45, 2.75) is 19.5 Å². The molecule has 0 spiro atoms. The van der Waals surface area contributed by atoms with E-state index in [1.165, 1.54) is 13.0 Å². The van der Waals surface area contributed by atoms with Gasteiger partial charge in [0.05, 0.1) is 6.61 Å². The summed E-state index contributed by atoms with van der Waals surface area (Å²) in [4.78, 5) is 0. The summed E-state index contributed by atoms with van der Waals surface area (Å²) < 4.78 is 17.5. The van der Waals surface area contributed by atoms with E-state index >= 15 is 0 Å². The number of rotatable bonds is 4. The molecule has 1 N–H and O–H groups in total. The average molecular weight is 184 g/mol. The molecule has 3 heteroatoms. The van der Waals surface area contributed by atoms with E-state index in [4.69, 9.17) is 4.74 Å². The number of benzene rings is 1. The fourth-order valence-electron chi connectivity index (χ4n) is 0.910. The van der Waals surface area contributed by atoms with Crippen LogP contribution in [0.25, 0.3) is 0 Å². The van der Waals surface area contributed by atoms with Crippen LogP contribution in [0.1, 0.15) is 13.3 Å². The minimum atomic E-state index is -0.870. The van der Waals surface area contributed by atoms with Crippen LogP contribution in [0.15, 0.2) is 24.3 Å². The van der Waals surface area contributed by atoms with Gasteiger partial charge >= 0.3 is 0 Å². The van der Waals surface area contributed by atoms with Crippen molar-refractivity contribution in [3.63, 3.8) is 0 Å². The van der Waals surface area contributed by atoms with Gasteiger partial charge in [-0.3, -0.25) is 0 Å². The van der Waals surface area contributed by atoms with Crippen LogP contribution in [0, 0.1) is 0 Å². The topological polar surface area (TPSA) is 29.5 Å². The van der Waals surface area contributed by atoms with Crippen molar-refractivity contribution in [1.29, 1.82) is 0 Å². The molecular formula is C10H13FO2. The molecule has 0 saturated carbocycles. The van der Waals surface area contributed by atoms with Crippen molar-refractivity contribution < 1.29 is 14.2 Å². The molecule has 0 heterocycles. The molecule has 0 aliphatic heterocycles. The predicted octanol–water partition coefficient (Wildman–Crippen LogP) is 2.52. The molecule has 1 unspecified atom stereocenters. The summed E-state index contributed by atoms with van der Waals surface area (Å²) in [5.41, 5.74) is 0. The minimum absolute atomic E-state index is 0.0917. The van der Waals surface area contributed by atoms with Crippen molar-refractivity contribution in [2.75, 3.05) is 6.61 Å². The lowest BCUT2D eigenvalue weighted by Crippen LogP contribution is -2.03. The summed E-state index contributed by atoms with van der Waals surface area (Å²) in [6.45, 7) is 1.77. The Kier molecular flexibility index (Phi) is 3.55. The fourth-order valence-corrected chi connectivity index (χ4v) is 0.910. The van der Waals surface area contributed by atoms with E-state index in [1.807, 2.05) is 0 Å². The number of phenolic OH excluding ortho intramolecular Hbond substituents is 1. The van der Waals surface area contributed by atoms with E-state index in [-0.39, 0.29) is 12.4 Å². The van der Waals surface area contributed by atoms with Gasteiger partial charge in [-0.05, 0) is 19.1 Å². The number of aromatic hydroxyl groups is 1. The molecule has 1 rings (SSSR count). The highest BCUT2D eigenvalue weighted by Gasteiger charge is 2.01. The first-order valence-electron chi connectivity index (χ1n) is 4.25. The third-order valence-electron chi connectivity index (χ3n) is 1.64. The zero-order chi connectivity index (χ0) is 9.68. The molecule has 0 radical (unpaired) electrons. The van der Waals surface area contributed by atoms with Gasteiger partial charge in [-0.1, -0.05) is 12.1 Å². The van der Waals surface area contributed by atoms with Gasteiger partial charge < -0.3 is 9.84 Å². The Balaban J connectivity index is 2.41. The molecule has 0 amide bonds. The minimum Gasteiger partial charge on any atom is -0.504 e. The van der Waals surface area contributed by atoms with Crippen LogP contribution in [-0.4, -0.2) is 17.9 Å². The molecule has 1 atom stereocenters. The Bertz CT molecular complexity index is 261.